The van der Waals surface area contributed by atoms with Gasteiger partial charge >= 0.3 is 5.97 Å². The number of phenols is 1. The van der Waals surface area contributed by atoms with Crippen molar-refractivity contribution in [2.45, 2.75) is 6.92 Å². The van der Waals surface area contributed by atoms with Gasteiger partial charge in [-0.25, -0.2) is 4.79 Å². The molecular formula is C26H23N3O5. The molecule has 1 amide bonds. The van der Waals surface area contributed by atoms with E-state index in [0.717, 1.165) is 0 Å². The topological polar surface area (TPSA) is 117 Å². The summed E-state index contributed by atoms with van der Waals surface area (Å²) < 4.78 is 4.92. The molecule has 0 atom stereocenters. The molecule has 8 heteroatoms. The fourth-order valence-electron chi connectivity index (χ4n) is 2.84. The second-order valence-corrected chi connectivity index (χ2v) is 7.32. The molecule has 8 nitrogen and oxygen atoms in total. The first-order chi connectivity index (χ1) is 16.3. The first-order valence-corrected chi connectivity index (χ1v) is 10.4. The van der Waals surface area contributed by atoms with E-state index in [0.29, 0.717) is 28.1 Å². The maximum Gasteiger partial charge on any atom is 0.333 e. The molecule has 0 bridgehead atoms. The van der Waals surface area contributed by atoms with Crippen LogP contribution in [0.25, 0.3) is 0 Å². The van der Waals surface area contributed by atoms with Gasteiger partial charge in [0.05, 0.1) is 23.5 Å². The van der Waals surface area contributed by atoms with Crippen molar-refractivity contribution in [1.29, 1.82) is 0 Å². The number of rotatable bonds is 9. The lowest BCUT2D eigenvalue weighted by Crippen LogP contribution is -2.28. The van der Waals surface area contributed by atoms with Crippen molar-refractivity contribution < 1.29 is 24.2 Å². The van der Waals surface area contributed by atoms with Gasteiger partial charge in [-0.05, 0) is 49.4 Å². The van der Waals surface area contributed by atoms with Crippen molar-refractivity contribution >= 4 is 29.0 Å². The molecule has 0 heterocycles. The van der Waals surface area contributed by atoms with Gasteiger partial charge in [-0.1, -0.05) is 36.9 Å². The van der Waals surface area contributed by atoms with Gasteiger partial charge < -0.3 is 15.2 Å². The first kappa shape index (κ1) is 24.1. The number of hydrogen-bond donors (Lipinski definition) is 2. The van der Waals surface area contributed by atoms with Crippen LogP contribution in [0.3, 0.4) is 0 Å². The van der Waals surface area contributed by atoms with Gasteiger partial charge in [0.2, 0.25) is 0 Å². The van der Waals surface area contributed by atoms with E-state index in [2.05, 4.69) is 22.1 Å². The number of amides is 1. The number of azo groups is 1. The summed E-state index contributed by atoms with van der Waals surface area (Å²) >= 11 is 0. The van der Waals surface area contributed by atoms with Crippen molar-refractivity contribution in [2.24, 2.45) is 10.2 Å². The molecular weight excluding hydrogens is 434 g/mol. The quantitative estimate of drug-likeness (QED) is 0.156. The Kier molecular flexibility index (Phi) is 8.02. The van der Waals surface area contributed by atoms with E-state index >= 15 is 0 Å². The summed E-state index contributed by atoms with van der Waals surface area (Å²) in [5.74, 6) is -1.29. The van der Waals surface area contributed by atoms with Gasteiger partial charge in [0.15, 0.2) is 5.78 Å². The van der Waals surface area contributed by atoms with Gasteiger partial charge in [-0.2, -0.15) is 10.2 Å². The highest BCUT2D eigenvalue weighted by Gasteiger charge is 2.14. The number of ether oxygens (including phenoxy) is 1. The fourth-order valence-corrected chi connectivity index (χ4v) is 2.84. The molecule has 3 aromatic rings. The molecule has 0 aliphatic heterocycles. The van der Waals surface area contributed by atoms with E-state index in [-0.39, 0.29) is 36.2 Å². The smallest absolute Gasteiger partial charge is 0.333 e. The molecule has 0 saturated heterocycles. The Hall–Kier alpha value is -4.59. The molecule has 0 fully saturated rings. The van der Waals surface area contributed by atoms with Crippen LogP contribution in [0, 0.1) is 0 Å². The van der Waals surface area contributed by atoms with E-state index in [1.54, 1.807) is 67.6 Å². The van der Waals surface area contributed by atoms with Gasteiger partial charge in [-0.3, -0.25) is 9.59 Å². The van der Waals surface area contributed by atoms with E-state index in [1.165, 1.54) is 12.1 Å². The third-order valence-corrected chi connectivity index (χ3v) is 4.64. The summed E-state index contributed by atoms with van der Waals surface area (Å²) in [4.78, 5) is 36.1. The zero-order chi connectivity index (χ0) is 24.5. The van der Waals surface area contributed by atoms with Crippen LogP contribution in [0.1, 0.15) is 33.2 Å². The Morgan fingerprint density at radius 1 is 0.912 bits per heavy atom. The highest BCUT2D eigenvalue weighted by Crippen LogP contribution is 2.27. The number of nitrogens with zero attached hydrogens (tertiary/aromatic N) is 2. The van der Waals surface area contributed by atoms with Crippen molar-refractivity contribution in [3.8, 4) is 5.75 Å². The van der Waals surface area contributed by atoms with Crippen LogP contribution in [0.15, 0.2) is 95.2 Å². The molecule has 0 aliphatic rings. The lowest BCUT2D eigenvalue weighted by Gasteiger charge is -2.07. The predicted molar refractivity (Wildman–Crippen MR) is 127 cm³/mol. The van der Waals surface area contributed by atoms with Crippen LogP contribution in [-0.4, -0.2) is 35.9 Å². The molecule has 0 spiro atoms. The summed E-state index contributed by atoms with van der Waals surface area (Å²) in [7, 11) is 0. The highest BCUT2D eigenvalue weighted by molar-refractivity contribution is 6.11. The molecule has 34 heavy (non-hydrogen) atoms. The van der Waals surface area contributed by atoms with E-state index in [4.69, 9.17) is 4.74 Å². The number of benzene rings is 3. The molecule has 0 aromatic heterocycles. The average Bonchev–Trinajstić information content (AvgIpc) is 2.86. The Balaban J connectivity index is 1.61. The number of phenolic OH excluding ortho intramolecular Hbond substituents is 1. The minimum Gasteiger partial charge on any atom is -0.507 e. The molecule has 0 aliphatic carbocycles. The van der Waals surface area contributed by atoms with Crippen LogP contribution in [0.4, 0.5) is 11.4 Å². The van der Waals surface area contributed by atoms with Gasteiger partial charge in [0.25, 0.3) is 5.91 Å². The number of carbonyl (C=O) groups is 3. The summed E-state index contributed by atoms with van der Waals surface area (Å²) in [6.45, 7) is 5.25. The van der Waals surface area contributed by atoms with E-state index in [1.807, 2.05) is 0 Å². The second-order valence-electron chi connectivity index (χ2n) is 7.32. The van der Waals surface area contributed by atoms with Crippen LogP contribution < -0.4 is 5.32 Å². The van der Waals surface area contributed by atoms with Crippen molar-refractivity contribution in [1.82, 2.24) is 5.32 Å². The van der Waals surface area contributed by atoms with E-state index in [9.17, 15) is 19.5 Å². The van der Waals surface area contributed by atoms with Crippen molar-refractivity contribution in [2.75, 3.05) is 13.2 Å². The second kappa shape index (κ2) is 11.3. The molecule has 0 radical (unpaired) electrons. The van der Waals surface area contributed by atoms with Gasteiger partial charge in [0, 0.05) is 16.7 Å². The Labute approximate surface area is 196 Å². The maximum atomic E-state index is 12.7. The van der Waals surface area contributed by atoms with Crippen LogP contribution in [-0.2, 0) is 9.53 Å². The predicted octanol–water partition coefficient (Wildman–Crippen LogP) is 4.89. The molecule has 2 N–H and O–H groups in total. The molecule has 0 unspecified atom stereocenters. The Bertz CT molecular complexity index is 1240. The van der Waals surface area contributed by atoms with Gasteiger partial charge in [0.1, 0.15) is 12.4 Å². The third kappa shape index (κ3) is 6.46. The summed E-state index contributed by atoms with van der Waals surface area (Å²) in [5, 5.41) is 21.0. The largest absolute Gasteiger partial charge is 0.507 e. The maximum absolute atomic E-state index is 12.7. The zero-order valence-electron chi connectivity index (χ0n) is 18.5. The number of hydrogen-bond acceptors (Lipinski definition) is 7. The van der Waals surface area contributed by atoms with Crippen LogP contribution in [0.5, 0.6) is 5.75 Å². The Morgan fingerprint density at radius 2 is 1.56 bits per heavy atom. The monoisotopic (exact) mass is 457 g/mol. The lowest BCUT2D eigenvalue weighted by molar-refractivity contribution is -0.138. The normalized spacial score (nSPS) is 10.6. The number of esters is 1. The molecule has 3 aromatic carbocycles. The number of aromatic hydroxyl groups is 1. The van der Waals surface area contributed by atoms with Crippen LogP contribution in [0.2, 0.25) is 0 Å². The standard InChI is InChI=1S/C26H23N3O5/c1-17(2)26(33)34-15-14-27-25(32)19-8-10-20(11-9-19)28-29-21-12-13-23(30)22(16-21)24(31)18-6-4-3-5-7-18/h3-13,16,30H,1,14-15H2,2H3,(H,27,32)/b29-28+. The summed E-state index contributed by atoms with van der Waals surface area (Å²) in [6.07, 6.45) is 0. The average molecular weight is 457 g/mol. The van der Waals surface area contributed by atoms with Crippen LogP contribution >= 0.6 is 0 Å². The SMILES string of the molecule is C=C(C)C(=O)OCCNC(=O)c1ccc(/N=N/c2ccc(O)c(C(=O)c3ccccc3)c2)cc1. The van der Waals surface area contributed by atoms with E-state index < -0.39 is 5.97 Å². The number of ketones is 1. The van der Waals surface area contributed by atoms with Crippen molar-refractivity contribution in [3.63, 3.8) is 0 Å². The van der Waals surface area contributed by atoms with Crippen molar-refractivity contribution in [3.05, 3.63) is 102 Å². The molecule has 172 valence electrons. The fraction of sp³-hybridized carbons (Fsp3) is 0.115. The summed E-state index contributed by atoms with van der Waals surface area (Å²) in [6, 6.07) is 19.5. The lowest BCUT2D eigenvalue weighted by atomic mass is 10.0. The number of nitrogens with one attached hydrogen (secondary N) is 1. The third-order valence-electron chi connectivity index (χ3n) is 4.64. The molecule has 0 saturated carbocycles. The number of carbonyl (C=O) groups excluding carboxylic acids is 3. The minimum atomic E-state index is -0.505. The first-order valence-electron chi connectivity index (χ1n) is 10.4. The minimum absolute atomic E-state index is 0.0467. The highest BCUT2D eigenvalue weighted by atomic mass is 16.5. The summed E-state index contributed by atoms with van der Waals surface area (Å²) in [5.41, 5.74) is 2.17. The zero-order valence-corrected chi connectivity index (χ0v) is 18.5. The van der Waals surface area contributed by atoms with Gasteiger partial charge in [-0.15, -0.1) is 0 Å². The Morgan fingerprint density at radius 3 is 2.24 bits per heavy atom. The molecule has 3 rings (SSSR count).